The zero-order chi connectivity index (χ0) is 16.7. The maximum atomic E-state index is 13.5. The molecule has 0 aromatic heterocycles. The van der Waals surface area contributed by atoms with Gasteiger partial charge in [0.1, 0.15) is 0 Å². The van der Waals surface area contributed by atoms with Gasteiger partial charge < -0.3 is 10.5 Å². The molecule has 0 heterocycles. The molecule has 2 rings (SSSR count). The van der Waals surface area contributed by atoms with Crippen LogP contribution in [0.1, 0.15) is 49.7 Å². The van der Waals surface area contributed by atoms with Crippen molar-refractivity contribution >= 4 is 0 Å². The van der Waals surface area contributed by atoms with E-state index < -0.39 is 0 Å². The van der Waals surface area contributed by atoms with E-state index in [-0.39, 0.29) is 5.82 Å². The fourth-order valence-corrected chi connectivity index (χ4v) is 2.65. The van der Waals surface area contributed by atoms with Crippen LogP contribution in [0.4, 0.5) is 4.39 Å². The molecule has 23 heavy (non-hydrogen) atoms. The third kappa shape index (κ3) is 5.07. The smallest absolute Gasteiger partial charge is 0.165 e. The molecular weight excluding hydrogens is 289 g/mol. The van der Waals surface area contributed by atoms with E-state index >= 15 is 0 Å². The molecule has 0 fully saturated rings. The lowest BCUT2D eigenvalue weighted by molar-refractivity contribution is 0.288. The second-order valence-corrected chi connectivity index (χ2v) is 6.18. The van der Waals surface area contributed by atoms with Gasteiger partial charge >= 0.3 is 0 Å². The Morgan fingerprint density at radius 1 is 1.00 bits per heavy atom. The number of halogens is 1. The summed E-state index contributed by atoms with van der Waals surface area (Å²) < 4.78 is 19.0. The Morgan fingerprint density at radius 3 is 2.26 bits per heavy atom. The van der Waals surface area contributed by atoms with Crippen molar-refractivity contribution in [2.24, 2.45) is 5.73 Å². The summed E-state index contributed by atoms with van der Waals surface area (Å²) in [7, 11) is 0. The summed E-state index contributed by atoms with van der Waals surface area (Å²) in [6.45, 7) is 5.49. The molecule has 0 saturated heterocycles. The fourth-order valence-electron chi connectivity index (χ4n) is 2.65. The van der Waals surface area contributed by atoms with Gasteiger partial charge in [0.05, 0.1) is 6.61 Å². The van der Waals surface area contributed by atoms with Gasteiger partial charge in [0.25, 0.3) is 0 Å². The average Bonchev–Trinajstić information content (AvgIpc) is 2.56. The second kappa shape index (κ2) is 8.68. The van der Waals surface area contributed by atoms with Crippen molar-refractivity contribution in [1.29, 1.82) is 0 Å². The van der Waals surface area contributed by atoms with E-state index in [2.05, 4.69) is 38.1 Å². The summed E-state index contributed by atoms with van der Waals surface area (Å²) in [5.41, 5.74) is 8.53. The minimum absolute atomic E-state index is 0.313. The zero-order valence-corrected chi connectivity index (χ0v) is 14.0. The third-order valence-corrected chi connectivity index (χ3v) is 4.15. The molecule has 2 aromatic rings. The summed E-state index contributed by atoms with van der Waals surface area (Å²) >= 11 is 0. The summed E-state index contributed by atoms with van der Waals surface area (Å²) in [6, 6.07) is 15.2. The van der Waals surface area contributed by atoms with Crippen LogP contribution in [-0.2, 0) is 0 Å². The van der Waals surface area contributed by atoms with Crippen molar-refractivity contribution < 1.29 is 9.13 Å². The first kappa shape index (κ1) is 17.5. The van der Waals surface area contributed by atoms with Crippen LogP contribution in [0.5, 0.6) is 5.75 Å². The number of rotatable bonds is 8. The molecular formula is C20H26FNO. The van der Waals surface area contributed by atoms with E-state index in [1.807, 2.05) is 0 Å². The Bertz CT molecular complexity index is 595. The summed E-state index contributed by atoms with van der Waals surface area (Å²) in [4.78, 5) is 0. The highest BCUT2D eigenvalue weighted by Crippen LogP contribution is 2.23. The number of benzene rings is 2. The molecule has 0 radical (unpaired) electrons. The predicted molar refractivity (Wildman–Crippen MR) is 93.5 cm³/mol. The van der Waals surface area contributed by atoms with Crippen molar-refractivity contribution in [2.45, 2.75) is 38.5 Å². The second-order valence-electron chi connectivity index (χ2n) is 6.18. The van der Waals surface area contributed by atoms with Crippen LogP contribution in [-0.4, -0.2) is 13.2 Å². The summed E-state index contributed by atoms with van der Waals surface area (Å²) in [5, 5.41) is 0. The molecule has 124 valence electrons. The molecule has 0 aliphatic rings. The number of hydrogen-bond donors (Lipinski definition) is 1. The first-order valence-electron chi connectivity index (χ1n) is 8.29. The van der Waals surface area contributed by atoms with Crippen LogP contribution in [0.3, 0.4) is 0 Å². The summed E-state index contributed by atoms with van der Waals surface area (Å²) in [5.74, 6) is 0.861. The van der Waals surface area contributed by atoms with Gasteiger partial charge in [-0.05, 0) is 54.5 Å². The maximum Gasteiger partial charge on any atom is 0.165 e. The van der Waals surface area contributed by atoms with Crippen molar-refractivity contribution in [3.63, 3.8) is 0 Å². The number of ether oxygens (including phenoxy) is 1. The van der Waals surface area contributed by atoms with Gasteiger partial charge in [-0.3, -0.25) is 0 Å². The lowest BCUT2D eigenvalue weighted by atomic mass is 9.92. The molecule has 0 amide bonds. The van der Waals surface area contributed by atoms with Crippen molar-refractivity contribution in [2.75, 3.05) is 13.2 Å². The molecule has 2 N–H and O–H groups in total. The van der Waals surface area contributed by atoms with Crippen LogP contribution < -0.4 is 10.5 Å². The van der Waals surface area contributed by atoms with Crippen LogP contribution in [0.2, 0.25) is 0 Å². The molecule has 3 heteroatoms. The number of nitrogens with two attached hydrogens (primary N) is 1. The molecule has 0 aliphatic heterocycles. The molecule has 2 nitrogen and oxygen atoms in total. The Kier molecular flexibility index (Phi) is 6.60. The van der Waals surface area contributed by atoms with Crippen LogP contribution in [0.25, 0.3) is 0 Å². The minimum Gasteiger partial charge on any atom is -0.491 e. The molecule has 0 spiro atoms. The summed E-state index contributed by atoms with van der Waals surface area (Å²) in [6.07, 6.45) is 1.79. The van der Waals surface area contributed by atoms with Crippen molar-refractivity contribution in [3.8, 4) is 5.75 Å². The highest BCUT2D eigenvalue weighted by atomic mass is 19.1. The highest BCUT2D eigenvalue weighted by molar-refractivity contribution is 5.27. The van der Waals surface area contributed by atoms with Gasteiger partial charge in [-0.2, -0.15) is 0 Å². The Balaban J connectivity index is 1.84. The molecule has 0 aliphatic carbocycles. The first-order valence-corrected chi connectivity index (χ1v) is 8.29. The lowest BCUT2D eigenvalue weighted by Crippen LogP contribution is -2.14. The highest BCUT2D eigenvalue weighted by Gasteiger charge is 2.10. The van der Waals surface area contributed by atoms with E-state index in [0.717, 1.165) is 12.8 Å². The standard InChI is InChI=1S/C20H26FNO/c1-15(2)16-9-11-17(12-10-16)18(14-22)6-5-13-23-20-8-4-3-7-19(20)21/h3-4,7-12,15,18H,5-6,13-14,22H2,1-2H3. The van der Waals surface area contributed by atoms with Gasteiger partial charge in [-0.15, -0.1) is 0 Å². The van der Waals surface area contributed by atoms with E-state index in [1.165, 1.54) is 17.2 Å². The Morgan fingerprint density at radius 2 is 1.65 bits per heavy atom. The predicted octanol–water partition coefficient (Wildman–Crippen LogP) is 4.85. The topological polar surface area (TPSA) is 35.2 Å². The fraction of sp³-hybridized carbons (Fsp3) is 0.400. The largest absolute Gasteiger partial charge is 0.491 e. The van der Waals surface area contributed by atoms with E-state index in [9.17, 15) is 4.39 Å². The van der Waals surface area contributed by atoms with Gasteiger partial charge in [0, 0.05) is 0 Å². The quantitative estimate of drug-likeness (QED) is 0.707. The Labute approximate surface area is 138 Å². The number of para-hydroxylation sites is 1. The minimum atomic E-state index is -0.313. The third-order valence-electron chi connectivity index (χ3n) is 4.15. The average molecular weight is 315 g/mol. The lowest BCUT2D eigenvalue weighted by Gasteiger charge is -2.16. The number of hydrogen-bond acceptors (Lipinski definition) is 2. The van der Waals surface area contributed by atoms with Gasteiger partial charge in [-0.1, -0.05) is 50.2 Å². The van der Waals surface area contributed by atoms with Crippen LogP contribution in [0, 0.1) is 5.82 Å². The maximum absolute atomic E-state index is 13.5. The molecule has 1 unspecified atom stereocenters. The van der Waals surface area contributed by atoms with Gasteiger partial charge in [-0.25, -0.2) is 4.39 Å². The molecule has 1 atom stereocenters. The molecule has 0 saturated carbocycles. The normalized spacial score (nSPS) is 12.4. The van der Waals surface area contributed by atoms with E-state index in [0.29, 0.717) is 30.7 Å². The van der Waals surface area contributed by atoms with Crippen molar-refractivity contribution in [3.05, 3.63) is 65.5 Å². The van der Waals surface area contributed by atoms with E-state index in [1.54, 1.807) is 18.2 Å². The van der Waals surface area contributed by atoms with Crippen LogP contribution in [0.15, 0.2) is 48.5 Å². The zero-order valence-electron chi connectivity index (χ0n) is 14.0. The van der Waals surface area contributed by atoms with Gasteiger partial charge in [0.2, 0.25) is 0 Å². The Hall–Kier alpha value is -1.87. The SMILES string of the molecule is CC(C)c1ccc(C(CN)CCCOc2ccccc2F)cc1. The van der Waals surface area contributed by atoms with Crippen LogP contribution >= 0.6 is 0 Å². The molecule has 2 aromatic carbocycles. The molecule has 0 bridgehead atoms. The monoisotopic (exact) mass is 315 g/mol. The van der Waals surface area contributed by atoms with Crippen molar-refractivity contribution in [1.82, 2.24) is 0 Å². The first-order chi connectivity index (χ1) is 11.1. The van der Waals surface area contributed by atoms with E-state index in [4.69, 9.17) is 10.5 Å². The van der Waals surface area contributed by atoms with Gasteiger partial charge in [0.15, 0.2) is 11.6 Å².